The predicted molar refractivity (Wildman–Crippen MR) is 106 cm³/mol. The van der Waals surface area contributed by atoms with E-state index >= 15 is 0 Å². The first-order chi connectivity index (χ1) is 11.1. The molecule has 1 aliphatic rings. The number of hydrogen-bond donors (Lipinski definition) is 2. The van der Waals surface area contributed by atoms with E-state index in [1.165, 1.54) is 11.1 Å². The molecule has 1 aliphatic heterocycles. The molecule has 0 bridgehead atoms. The van der Waals surface area contributed by atoms with Crippen molar-refractivity contribution >= 4 is 30.7 Å². The van der Waals surface area contributed by atoms with E-state index in [0.717, 1.165) is 24.2 Å². The normalized spacial score (nSPS) is 13.4. The van der Waals surface area contributed by atoms with Crippen LogP contribution in [0.1, 0.15) is 28.3 Å². The molecule has 25 heavy (non-hydrogen) atoms. The SMILES string of the molecule is CN(C)C(C(=O)NCc1ccc2c(c1)CNC2)c1ccccc1.Cl.Cl. The van der Waals surface area contributed by atoms with Gasteiger partial charge in [0.1, 0.15) is 6.04 Å². The standard InChI is InChI=1S/C19H23N3O.2ClH/c1-22(2)18(15-6-4-3-5-7-15)19(23)21-11-14-8-9-16-12-20-13-17(16)10-14;;/h3-10,18,20H,11-13H2,1-2H3,(H,21,23);2*1H. The van der Waals surface area contributed by atoms with Crippen LogP contribution in [0.5, 0.6) is 0 Å². The molecule has 3 rings (SSSR count). The third-order valence-corrected chi connectivity index (χ3v) is 4.25. The summed E-state index contributed by atoms with van der Waals surface area (Å²) in [6.45, 7) is 2.42. The van der Waals surface area contributed by atoms with Crippen LogP contribution >= 0.6 is 24.8 Å². The van der Waals surface area contributed by atoms with Crippen molar-refractivity contribution in [1.29, 1.82) is 0 Å². The molecule has 1 heterocycles. The lowest BCUT2D eigenvalue weighted by Crippen LogP contribution is -2.36. The molecule has 0 aliphatic carbocycles. The largest absolute Gasteiger partial charge is 0.350 e. The van der Waals surface area contributed by atoms with Crippen molar-refractivity contribution in [3.05, 3.63) is 70.8 Å². The molecular weight excluding hydrogens is 357 g/mol. The van der Waals surface area contributed by atoms with Gasteiger partial charge in [-0.15, -0.1) is 24.8 Å². The van der Waals surface area contributed by atoms with Gasteiger partial charge in [-0.05, 0) is 36.3 Å². The first-order valence-corrected chi connectivity index (χ1v) is 7.95. The number of benzene rings is 2. The monoisotopic (exact) mass is 381 g/mol. The Labute approximate surface area is 161 Å². The summed E-state index contributed by atoms with van der Waals surface area (Å²) in [6, 6.07) is 16.0. The number of halogens is 2. The topological polar surface area (TPSA) is 44.4 Å². The lowest BCUT2D eigenvalue weighted by molar-refractivity contribution is -0.125. The van der Waals surface area contributed by atoms with E-state index in [1.54, 1.807) is 0 Å². The third-order valence-electron chi connectivity index (χ3n) is 4.25. The average molecular weight is 382 g/mol. The minimum absolute atomic E-state index is 0. The van der Waals surface area contributed by atoms with E-state index in [4.69, 9.17) is 0 Å². The minimum atomic E-state index is -0.271. The van der Waals surface area contributed by atoms with Crippen molar-refractivity contribution in [1.82, 2.24) is 15.5 Å². The summed E-state index contributed by atoms with van der Waals surface area (Å²) in [7, 11) is 3.86. The van der Waals surface area contributed by atoms with Crippen LogP contribution in [-0.4, -0.2) is 24.9 Å². The predicted octanol–water partition coefficient (Wildman–Crippen LogP) is 3.05. The van der Waals surface area contributed by atoms with Crippen LogP contribution in [-0.2, 0) is 24.4 Å². The summed E-state index contributed by atoms with van der Waals surface area (Å²) in [5.74, 6) is 0.0276. The lowest BCUT2D eigenvalue weighted by Gasteiger charge is -2.24. The molecule has 136 valence electrons. The molecule has 2 aromatic rings. The van der Waals surface area contributed by atoms with Crippen LogP contribution < -0.4 is 10.6 Å². The summed E-state index contributed by atoms with van der Waals surface area (Å²) < 4.78 is 0. The van der Waals surface area contributed by atoms with E-state index in [2.05, 4.69) is 28.8 Å². The van der Waals surface area contributed by atoms with Crippen LogP contribution in [0.4, 0.5) is 0 Å². The maximum atomic E-state index is 12.6. The van der Waals surface area contributed by atoms with E-state index < -0.39 is 0 Å². The fourth-order valence-electron chi connectivity index (χ4n) is 3.06. The highest BCUT2D eigenvalue weighted by atomic mass is 35.5. The van der Waals surface area contributed by atoms with Gasteiger partial charge in [0, 0.05) is 19.6 Å². The number of fused-ring (bicyclic) bond motifs is 1. The zero-order chi connectivity index (χ0) is 16.2. The molecule has 2 aromatic carbocycles. The molecule has 0 saturated carbocycles. The average Bonchev–Trinajstić information content (AvgIpc) is 3.01. The van der Waals surface area contributed by atoms with Crippen LogP contribution in [0.3, 0.4) is 0 Å². The summed E-state index contributed by atoms with van der Waals surface area (Å²) in [5, 5.41) is 6.41. The van der Waals surface area contributed by atoms with E-state index in [9.17, 15) is 4.79 Å². The highest BCUT2D eigenvalue weighted by Gasteiger charge is 2.22. The smallest absolute Gasteiger partial charge is 0.242 e. The lowest BCUT2D eigenvalue weighted by atomic mass is 10.0. The van der Waals surface area contributed by atoms with Gasteiger partial charge < -0.3 is 10.6 Å². The summed E-state index contributed by atoms with van der Waals surface area (Å²) >= 11 is 0. The Bertz CT molecular complexity index is 692. The maximum Gasteiger partial charge on any atom is 0.242 e. The number of nitrogens with one attached hydrogen (secondary N) is 2. The quantitative estimate of drug-likeness (QED) is 0.836. The van der Waals surface area contributed by atoms with Crippen LogP contribution in [0.15, 0.2) is 48.5 Å². The highest BCUT2D eigenvalue weighted by Crippen LogP contribution is 2.19. The van der Waals surface area contributed by atoms with Crippen molar-refractivity contribution < 1.29 is 4.79 Å². The molecule has 1 atom stereocenters. The zero-order valence-corrected chi connectivity index (χ0v) is 16.1. The van der Waals surface area contributed by atoms with E-state index in [0.29, 0.717) is 6.54 Å². The van der Waals surface area contributed by atoms with Crippen molar-refractivity contribution in [2.75, 3.05) is 14.1 Å². The second-order valence-electron chi connectivity index (χ2n) is 6.20. The van der Waals surface area contributed by atoms with Gasteiger partial charge in [-0.3, -0.25) is 9.69 Å². The van der Waals surface area contributed by atoms with Gasteiger partial charge in [0.25, 0.3) is 0 Å². The molecule has 0 saturated heterocycles. The molecular formula is C19H25Cl2N3O. The molecule has 1 amide bonds. The van der Waals surface area contributed by atoms with Crippen LogP contribution in [0.25, 0.3) is 0 Å². The van der Waals surface area contributed by atoms with Gasteiger partial charge in [0.2, 0.25) is 5.91 Å². The van der Waals surface area contributed by atoms with Crippen LogP contribution in [0, 0.1) is 0 Å². The molecule has 0 radical (unpaired) electrons. The van der Waals surface area contributed by atoms with Crippen molar-refractivity contribution in [2.45, 2.75) is 25.7 Å². The van der Waals surface area contributed by atoms with Gasteiger partial charge in [-0.2, -0.15) is 0 Å². The maximum absolute atomic E-state index is 12.6. The first kappa shape index (κ1) is 21.5. The fourth-order valence-corrected chi connectivity index (χ4v) is 3.06. The molecule has 2 N–H and O–H groups in total. The minimum Gasteiger partial charge on any atom is -0.350 e. The highest BCUT2D eigenvalue weighted by molar-refractivity contribution is 5.85. The number of likely N-dealkylation sites (N-methyl/N-ethyl adjacent to an activating group) is 1. The Balaban J connectivity index is 0.00000156. The number of hydrogen-bond acceptors (Lipinski definition) is 3. The molecule has 1 unspecified atom stereocenters. The number of nitrogens with zero attached hydrogens (tertiary/aromatic N) is 1. The Hall–Kier alpha value is -1.59. The van der Waals surface area contributed by atoms with Gasteiger partial charge in [0.15, 0.2) is 0 Å². The number of carbonyl (C=O) groups is 1. The Kier molecular flexibility index (Phi) is 8.39. The summed E-state index contributed by atoms with van der Waals surface area (Å²) in [5.41, 5.74) is 4.85. The molecule has 0 aromatic heterocycles. The number of rotatable bonds is 5. The van der Waals surface area contributed by atoms with E-state index in [1.807, 2.05) is 49.3 Å². The molecule has 4 nitrogen and oxygen atoms in total. The molecule has 6 heteroatoms. The number of carbonyl (C=O) groups excluding carboxylic acids is 1. The van der Waals surface area contributed by atoms with Gasteiger partial charge >= 0.3 is 0 Å². The van der Waals surface area contributed by atoms with Crippen molar-refractivity contribution in [3.63, 3.8) is 0 Å². The Morgan fingerprint density at radius 3 is 2.44 bits per heavy atom. The summed E-state index contributed by atoms with van der Waals surface area (Å²) in [4.78, 5) is 14.6. The molecule has 0 fully saturated rings. The Morgan fingerprint density at radius 2 is 1.76 bits per heavy atom. The molecule has 0 spiro atoms. The fraction of sp³-hybridized carbons (Fsp3) is 0.316. The van der Waals surface area contributed by atoms with Gasteiger partial charge in [-0.1, -0.05) is 48.5 Å². The van der Waals surface area contributed by atoms with Gasteiger partial charge in [0.05, 0.1) is 0 Å². The van der Waals surface area contributed by atoms with Crippen molar-refractivity contribution in [3.8, 4) is 0 Å². The van der Waals surface area contributed by atoms with Gasteiger partial charge in [-0.25, -0.2) is 0 Å². The zero-order valence-electron chi connectivity index (χ0n) is 14.5. The summed E-state index contributed by atoms with van der Waals surface area (Å²) in [6.07, 6.45) is 0. The Morgan fingerprint density at radius 1 is 1.08 bits per heavy atom. The van der Waals surface area contributed by atoms with E-state index in [-0.39, 0.29) is 36.8 Å². The second kappa shape index (κ2) is 9.78. The first-order valence-electron chi connectivity index (χ1n) is 7.95. The second-order valence-corrected chi connectivity index (χ2v) is 6.20. The van der Waals surface area contributed by atoms with Crippen LogP contribution in [0.2, 0.25) is 0 Å². The van der Waals surface area contributed by atoms with Crippen molar-refractivity contribution in [2.24, 2.45) is 0 Å². The third kappa shape index (κ3) is 5.19. The number of amides is 1.